The molecular formula is C2H8Sb2Te. The van der Waals surface area contributed by atoms with Crippen molar-refractivity contribution in [2.45, 2.75) is 11.4 Å². The summed E-state index contributed by atoms with van der Waals surface area (Å²) in [5.74, 6) is 0. The summed E-state index contributed by atoms with van der Waals surface area (Å²) in [6, 6.07) is 0. The van der Waals surface area contributed by atoms with E-state index in [1.54, 1.807) is 23.4 Å². The van der Waals surface area contributed by atoms with Gasteiger partial charge in [0.25, 0.3) is 0 Å². The van der Waals surface area contributed by atoms with Gasteiger partial charge in [0, 0.05) is 0 Å². The molecule has 5 heavy (non-hydrogen) atoms. The van der Waals surface area contributed by atoms with Crippen LogP contribution in [0.15, 0.2) is 0 Å². The van der Waals surface area contributed by atoms with Gasteiger partial charge < -0.3 is 0 Å². The van der Waals surface area contributed by atoms with Crippen LogP contribution < -0.4 is 0 Å². The van der Waals surface area contributed by atoms with E-state index in [0.717, 1.165) is 16.9 Å². The predicted octanol–water partition coefficient (Wildman–Crippen LogP) is -0.972. The molecule has 0 aromatic heterocycles. The molecule has 0 amide bonds. The third kappa shape index (κ3) is 6.43. The number of hydrogen-bond donors (Lipinski definition) is 0. The second-order valence-electron chi connectivity index (χ2n) is 0.551. The first-order valence-corrected chi connectivity index (χ1v) is 24.8. The minimum absolute atomic E-state index is 0.466. The molecule has 0 spiro atoms. The summed E-state index contributed by atoms with van der Waals surface area (Å²) in [6.45, 7) is 2.33. The van der Waals surface area contributed by atoms with Crippen molar-refractivity contribution in [1.82, 2.24) is 0 Å². The molecule has 0 nitrogen and oxygen atoms in total. The average molecular weight is 403 g/mol. The van der Waals surface area contributed by atoms with Gasteiger partial charge in [0.1, 0.15) is 0 Å². The Morgan fingerprint density at radius 1 is 2.00 bits per heavy atom. The van der Waals surface area contributed by atoms with Gasteiger partial charge in [-0.2, -0.15) is 0 Å². The van der Waals surface area contributed by atoms with Crippen LogP contribution in [0.25, 0.3) is 0 Å². The van der Waals surface area contributed by atoms with Gasteiger partial charge in [-0.05, 0) is 0 Å². The van der Waals surface area contributed by atoms with Crippen LogP contribution in [0.1, 0.15) is 6.92 Å². The van der Waals surface area contributed by atoms with E-state index in [0.29, 0.717) is 13.5 Å². The summed E-state index contributed by atoms with van der Waals surface area (Å²) in [5, 5.41) is 0. The van der Waals surface area contributed by atoms with Crippen LogP contribution in [0.4, 0.5) is 0 Å². The maximum atomic E-state index is 2.33. The molecular weight excluding hydrogens is 395 g/mol. The van der Waals surface area contributed by atoms with E-state index in [1.165, 1.54) is 0 Å². The third-order valence-corrected chi connectivity index (χ3v) is 31.7. The first kappa shape index (κ1) is 7.43. The first-order valence-electron chi connectivity index (χ1n) is 1.49. The van der Waals surface area contributed by atoms with Crippen LogP contribution in [-0.2, 0) is 0 Å². The van der Waals surface area contributed by atoms with Crippen molar-refractivity contribution in [1.29, 1.82) is 0 Å². The van der Waals surface area contributed by atoms with Crippen molar-refractivity contribution in [3.63, 3.8) is 0 Å². The molecule has 0 saturated carbocycles. The third-order valence-electron chi connectivity index (χ3n) is 0.228. The van der Waals surface area contributed by atoms with Gasteiger partial charge in [0.2, 0.25) is 0 Å². The molecule has 0 saturated heterocycles. The van der Waals surface area contributed by atoms with Crippen molar-refractivity contribution in [3.8, 4) is 0 Å². The zero-order chi connectivity index (χ0) is 4.12. The second-order valence-corrected chi connectivity index (χ2v) is 44.0. The Morgan fingerprint density at radius 3 is 2.60 bits per heavy atom. The predicted molar refractivity (Wildman–Crippen MR) is 31.9 cm³/mol. The Balaban J connectivity index is 2.19. The Kier molecular flexibility index (Phi) is 9.54. The normalized spacial score (nSPS) is 8.40. The van der Waals surface area contributed by atoms with Gasteiger partial charge in [-0.25, -0.2) is 0 Å². The van der Waals surface area contributed by atoms with Crippen LogP contribution in [0, 0.1) is 0 Å². The molecule has 0 radical (unpaired) electrons. The van der Waals surface area contributed by atoms with E-state index in [9.17, 15) is 0 Å². The molecule has 3 heteroatoms. The Labute approximate surface area is 59.4 Å². The van der Waals surface area contributed by atoms with E-state index in [4.69, 9.17) is 0 Å². The van der Waals surface area contributed by atoms with E-state index >= 15 is 0 Å². The maximum absolute atomic E-state index is 2.33. The Bertz CT molecular complexity index is 15.1. The fourth-order valence-electron chi connectivity index (χ4n) is 0.0833. The standard InChI is InChI=1S/C2H6Te.2Sb.3H/c1-2-3;;;;;/h3H,2H2,1H3;;;;;/q;;+1;;;/p-1. The molecule has 0 aliphatic rings. The fourth-order valence-corrected chi connectivity index (χ4v) is 25.2. The van der Waals surface area contributed by atoms with Crippen LogP contribution in [0.5, 0.6) is 0 Å². The van der Waals surface area contributed by atoms with Crippen molar-refractivity contribution in [2.75, 3.05) is 0 Å². The summed E-state index contributed by atoms with van der Waals surface area (Å²) in [4.78, 5) is 0. The molecule has 0 aromatic rings. The Morgan fingerprint density at radius 2 is 2.60 bits per heavy atom. The number of rotatable bonds is 2. The van der Waals surface area contributed by atoms with Crippen LogP contribution >= 0.6 is 0 Å². The van der Waals surface area contributed by atoms with Gasteiger partial charge in [0.05, 0.1) is 0 Å². The Hall–Kier alpha value is 2.43. The zero-order valence-electron chi connectivity index (χ0n) is 3.19. The van der Waals surface area contributed by atoms with E-state index in [2.05, 4.69) is 6.92 Å². The van der Waals surface area contributed by atoms with Crippen molar-refractivity contribution < 1.29 is 0 Å². The van der Waals surface area contributed by atoms with Crippen molar-refractivity contribution in [3.05, 3.63) is 0 Å². The molecule has 0 aliphatic heterocycles. The van der Waals surface area contributed by atoms with Crippen molar-refractivity contribution >= 4 is 49.3 Å². The van der Waals surface area contributed by atoms with Crippen LogP contribution in [0.3, 0.4) is 0 Å². The molecule has 32 valence electrons. The molecule has 0 N–H and O–H groups in total. The second kappa shape index (κ2) is 6.43. The average Bonchev–Trinajstić information content (AvgIpc) is 1.41. The summed E-state index contributed by atoms with van der Waals surface area (Å²) in [5.41, 5.74) is 0. The molecule has 0 atom stereocenters. The summed E-state index contributed by atoms with van der Waals surface area (Å²) >= 11 is 2.87. The van der Waals surface area contributed by atoms with E-state index in [-0.39, 0.29) is 0 Å². The summed E-state index contributed by atoms with van der Waals surface area (Å²) in [6.07, 6.45) is 0. The SMILES string of the molecule is CC[Te][SbH][SbH2]. The van der Waals surface area contributed by atoms with Gasteiger partial charge in [-0.15, -0.1) is 0 Å². The summed E-state index contributed by atoms with van der Waals surface area (Å²) in [7, 11) is 0. The van der Waals surface area contributed by atoms with Gasteiger partial charge >= 0.3 is 60.7 Å². The van der Waals surface area contributed by atoms with Crippen LogP contribution in [0.2, 0.25) is 4.47 Å². The topological polar surface area (TPSA) is 0 Å². The van der Waals surface area contributed by atoms with Crippen LogP contribution in [-0.4, -0.2) is 49.3 Å². The quantitative estimate of drug-likeness (QED) is 0.521. The number of hydrogen-bond acceptors (Lipinski definition) is 0. The molecule has 0 unspecified atom stereocenters. The van der Waals surface area contributed by atoms with Gasteiger partial charge in [-0.1, -0.05) is 0 Å². The molecule has 0 bridgehead atoms. The minimum atomic E-state index is 0.466. The van der Waals surface area contributed by atoms with Gasteiger partial charge in [-0.3, -0.25) is 0 Å². The van der Waals surface area contributed by atoms with Crippen molar-refractivity contribution in [2.24, 2.45) is 0 Å². The molecule has 0 rings (SSSR count). The monoisotopic (exact) mass is 404 g/mol. The van der Waals surface area contributed by atoms with E-state index in [1.807, 2.05) is 0 Å². The molecule has 0 aliphatic carbocycles. The first-order chi connectivity index (χ1) is 2.41. The van der Waals surface area contributed by atoms with E-state index < -0.39 is 0 Å². The molecule has 0 heterocycles. The summed E-state index contributed by atoms with van der Waals surface area (Å²) < 4.78 is 1.58. The zero-order valence-corrected chi connectivity index (χ0v) is 11.7. The fraction of sp³-hybridized carbons (Fsp3) is 1.00. The molecule has 0 fully saturated rings. The molecule has 0 aromatic carbocycles. The van der Waals surface area contributed by atoms with Gasteiger partial charge in [0.15, 0.2) is 0 Å².